The van der Waals surface area contributed by atoms with Gasteiger partial charge in [-0.25, -0.2) is 18.4 Å². The van der Waals surface area contributed by atoms with Gasteiger partial charge >= 0.3 is 5.97 Å². The molecule has 154 valence electrons. The minimum atomic E-state index is -4.02. The molecule has 0 spiro atoms. The molecule has 30 heavy (non-hydrogen) atoms. The second kappa shape index (κ2) is 7.69. The number of amides is 1. The molecule has 0 unspecified atom stereocenters. The molecule has 11 heteroatoms. The highest BCUT2D eigenvalue weighted by atomic mass is 32.2. The summed E-state index contributed by atoms with van der Waals surface area (Å²) in [5.74, 6) is -0.932. The number of hydrogen-bond acceptors (Lipinski definition) is 7. The number of hydrogen-bond donors (Lipinski definition) is 1. The Balaban J connectivity index is 1.81. The van der Waals surface area contributed by atoms with Gasteiger partial charge in [0.15, 0.2) is 5.69 Å². The second-order valence-corrected chi connectivity index (χ2v) is 8.30. The molecule has 1 aromatic carbocycles. The Kier molecular flexibility index (Phi) is 5.06. The van der Waals surface area contributed by atoms with E-state index in [0.29, 0.717) is 17.2 Å². The van der Waals surface area contributed by atoms with Crippen LogP contribution in [0, 0.1) is 0 Å². The van der Waals surface area contributed by atoms with Gasteiger partial charge in [0.05, 0.1) is 25.0 Å². The summed E-state index contributed by atoms with van der Waals surface area (Å²) in [6.45, 7) is -0.739. The zero-order valence-corrected chi connectivity index (χ0v) is 16.7. The molecule has 1 aliphatic heterocycles. The number of carbonyl (C=O) groups is 2. The van der Waals surface area contributed by atoms with Crippen LogP contribution >= 0.6 is 0 Å². The zero-order chi connectivity index (χ0) is 21.3. The number of anilines is 1. The molecule has 3 aromatic rings. The van der Waals surface area contributed by atoms with Crippen molar-refractivity contribution in [1.29, 1.82) is 0 Å². The SMILES string of the molecule is COC(=O)CN1Cc2c(C(=O)Nc3ccccn3)ncn2-c2ccccc2S1(=O)=O. The number of pyridine rings is 1. The van der Waals surface area contributed by atoms with Crippen LogP contribution in [0.5, 0.6) is 0 Å². The molecule has 4 rings (SSSR count). The number of imidazole rings is 1. The van der Waals surface area contributed by atoms with E-state index in [2.05, 4.69) is 20.0 Å². The number of methoxy groups -OCH3 is 1. The molecule has 0 saturated carbocycles. The van der Waals surface area contributed by atoms with Crippen LogP contribution in [0.4, 0.5) is 5.82 Å². The predicted molar refractivity (Wildman–Crippen MR) is 105 cm³/mol. The Bertz CT molecular complexity index is 1220. The summed E-state index contributed by atoms with van der Waals surface area (Å²) in [6.07, 6.45) is 2.92. The van der Waals surface area contributed by atoms with E-state index < -0.39 is 28.4 Å². The van der Waals surface area contributed by atoms with Gasteiger partial charge in [-0.2, -0.15) is 4.31 Å². The number of aromatic nitrogens is 3. The van der Waals surface area contributed by atoms with E-state index in [1.165, 1.54) is 30.3 Å². The van der Waals surface area contributed by atoms with E-state index in [0.717, 1.165) is 4.31 Å². The minimum absolute atomic E-state index is 0.00161. The van der Waals surface area contributed by atoms with Crippen molar-refractivity contribution < 1.29 is 22.7 Å². The Morgan fingerprint density at radius 2 is 1.90 bits per heavy atom. The molecule has 1 amide bonds. The molecule has 1 N–H and O–H groups in total. The number of esters is 1. The number of rotatable bonds is 4. The van der Waals surface area contributed by atoms with Gasteiger partial charge in [-0.15, -0.1) is 0 Å². The van der Waals surface area contributed by atoms with Gasteiger partial charge in [0, 0.05) is 6.20 Å². The number of nitrogens with zero attached hydrogens (tertiary/aromatic N) is 4. The molecule has 3 heterocycles. The monoisotopic (exact) mass is 427 g/mol. The highest BCUT2D eigenvalue weighted by Gasteiger charge is 2.36. The second-order valence-electron chi connectivity index (χ2n) is 6.40. The Labute approximate surface area is 172 Å². The van der Waals surface area contributed by atoms with Crippen LogP contribution in [0.15, 0.2) is 59.9 Å². The Morgan fingerprint density at radius 1 is 1.13 bits per heavy atom. The van der Waals surface area contributed by atoms with Gasteiger partial charge in [-0.05, 0) is 24.3 Å². The smallest absolute Gasteiger partial charge is 0.321 e. The van der Waals surface area contributed by atoms with Crippen LogP contribution in [0.3, 0.4) is 0 Å². The number of para-hydroxylation sites is 1. The van der Waals surface area contributed by atoms with E-state index in [-0.39, 0.29) is 17.1 Å². The van der Waals surface area contributed by atoms with E-state index >= 15 is 0 Å². The molecular formula is C19H17N5O5S. The molecule has 1 aliphatic rings. The molecule has 0 aliphatic carbocycles. The number of fused-ring (bicyclic) bond motifs is 3. The molecule has 0 fully saturated rings. The van der Waals surface area contributed by atoms with Crippen LogP contribution in [-0.2, 0) is 26.1 Å². The third-order valence-electron chi connectivity index (χ3n) is 4.59. The van der Waals surface area contributed by atoms with E-state index in [9.17, 15) is 18.0 Å². The van der Waals surface area contributed by atoms with Crippen molar-refractivity contribution in [2.24, 2.45) is 0 Å². The van der Waals surface area contributed by atoms with Crippen molar-refractivity contribution in [1.82, 2.24) is 18.8 Å². The lowest BCUT2D eigenvalue weighted by atomic mass is 10.2. The molecular weight excluding hydrogens is 410 g/mol. The lowest BCUT2D eigenvalue weighted by molar-refractivity contribution is -0.140. The summed E-state index contributed by atoms with van der Waals surface area (Å²) in [5, 5.41) is 2.64. The highest BCUT2D eigenvalue weighted by molar-refractivity contribution is 7.89. The first-order valence-corrected chi connectivity index (χ1v) is 10.3. The van der Waals surface area contributed by atoms with Crippen LogP contribution in [0.1, 0.15) is 16.2 Å². The number of ether oxygens (including phenoxy) is 1. The average Bonchev–Trinajstić information content (AvgIpc) is 3.14. The van der Waals surface area contributed by atoms with E-state index in [1.54, 1.807) is 36.4 Å². The largest absolute Gasteiger partial charge is 0.468 e. The van der Waals surface area contributed by atoms with Gasteiger partial charge in [0.25, 0.3) is 5.91 Å². The molecule has 0 bridgehead atoms. The molecule has 0 radical (unpaired) electrons. The third-order valence-corrected chi connectivity index (χ3v) is 6.43. The summed E-state index contributed by atoms with van der Waals surface area (Å²) in [6, 6.07) is 11.4. The number of benzene rings is 1. The van der Waals surface area contributed by atoms with Crippen molar-refractivity contribution in [3.8, 4) is 5.69 Å². The van der Waals surface area contributed by atoms with E-state index in [1.807, 2.05) is 0 Å². The van der Waals surface area contributed by atoms with Crippen LogP contribution < -0.4 is 5.32 Å². The lowest BCUT2D eigenvalue weighted by Crippen LogP contribution is -2.35. The number of sulfonamides is 1. The average molecular weight is 427 g/mol. The molecule has 2 aromatic heterocycles. The maximum Gasteiger partial charge on any atom is 0.321 e. The fourth-order valence-electron chi connectivity index (χ4n) is 3.15. The zero-order valence-electron chi connectivity index (χ0n) is 15.8. The van der Waals surface area contributed by atoms with Gasteiger partial charge in [-0.3, -0.25) is 14.2 Å². The van der Waals surface area contributed by atoms with Gasteiger partial charge in [0.2, 0.25) is 10.0 Å². The highest BCUT2D eigenvalue weighted by Crippen LogP contribution is 2.31. The lowest BCUT2D eigenvalue weighted by Gasteiger charge is -2.19. The maximum atomic E-state index is 13.2. The van der Waals surface area contributed by atoms with Gasteiger partial charge in [0.1, 0.15) is 23.6 Å². The summed E-state index contributed by atoms with van der Waals surface area (Å²) in [4.78, 5) is 32.9. The number of carbonyl (C=O) groups excluding carboxylic acids is 2. The Hall–Kier alpha value is -3.57. The van der Waals surface area contributed by atoms with Gasteiger partial charge < -0.3 is 10.1 Å². The van der Waals surface area contributed by atoms with Crippen molar-refractivity contribution >= 4 is 27.7 Å². The van der Waals surface area contributed by atoms with Gasteiger partial charge in [-0.1, -0.05) is 18.2 Å². The fourth-order valence-corrected chi connectivity index (χ4v) is 4.68. The van der Waals surface area contributed by atoms with Crippen molar-refractivity contribution in [2.75, 3.05) is 19.0 Å². The number of nitrogens with one attached hydrogen (secondary N) is 1. The summed E-state index contributed by atoms with van der Waals surface area (Å²) >= 11 is 0. The van der Waals surface area contributed by atoms with Crippen molar-refractivity contribution in [3.05, 3.63) is 66.4 Å². The Morgan fingerprint density at radius 3 is 2.63 bits per heavy atom. The quantitative estimate of drug-likeness (QED) is 0.621. The summed E-state index contributed by atoms with van der Waals surface area (Å²) in [7, 11) is -2.85. The topological polar surface area (TPSA) is 123 Å². The van der Waals surface area contributed by atoms with E-state index in [4.69, 9.17) is 0 Å². The summed E-state index contributed by atoms with van der Waals surface area (Å²) < 4.78 is 33.5. The predicted octanol–water partition coefficient (Wildman–Crippen LogP) is 1.20. The standard InChI is InChI=1S/C19H17N5O5S/c1-29-17(25)11-23-10-14-18(19(26)22-16-8-4-5-9-20-16)21-12-24(14)13-6-2-3-7-15(13)30(23,27)28/h2-9,12H,10-11H2,1H3,(H,20,22,26). The third kappa shape index (κ3) is 3.44. The fraction of sp³-hybridized carbons (Fsp3) is 0.158. The minimum Gasteiger partial charge on any atom is -0.468 e. The molecule has 10 nitrogen and oxygen atoms in total. The van der Waals surface area contributed by atoms with Crippen LogP contribution in [0.2, 0.25) is 0 Å². The summed E-state index contributed by atoms with van der Waals surface area (Å²) in [5.41, 5.74) is 0.688. The first-order valence-electron chi connectivity index (χ1n) is 8.87. The maximum absolute atomic E-state index is 13.2. The van der Waals surface area contributed by atoms with Crippen LogP contribution in [-0.4, -0.2) is 52.8 Å². The first kappa shape index (κ1) is 19.7. The molecule has 0 saturated heterocycles. The van der Waals surface area contributed by atoms with Crippen LogP contribution in [0.25, 0.3) is 5.69 Å². The van der Waals surface area contributed by atoms with Crippen molar-refractivity contribution in [3.63, 3.8) is 0 Å². The van der Waals surface area contributed by atoms with Crippen molar-refractivity contribution in [2.45, 2.75) is 11.4 Å². The first-order chi connectivity index (χ1) is 14.4. The normalized spacial score (nSPS) is 14.8. The molecule has 0 atom stereocenters.